The monoisotopic (exact) mass is 1040 g/mol. The zero-order chi connectivity index (χ0) is 54.1. The lowest BCUT2D eigenvalue weighted by Gasteiger charge is -2.44. The number of anilines is 6. The first-order chi connectivity index (χ1) is 40.7. The summed E-state index contributed by atoms with van der Waals surface area (Å²) < 4.78 is 2.44. The largest absolute Gasteiger partial charge is 0.311 e. The highest BCUT2D eigenvalue weighted by Gasteiger charge is 2.43. The van der Waals surface area contributed by atoms with E-state index in [-0.39, 0.29) is 6.71 Å². The Hall–Kier alpha value is -10.9. The van der Waals surface area contributed by atoms with Crippen LogP contribution in [0, 0.1) is 0 Å². The van der Waals surface area contributed by atoms with E-state index in [1.165, 1.54) is 44.7 Å². The molecule has 0 spiro atoms. The van der Waals surface area contributed by atoms with Crippen LogP contribution in [0.25, 0.3) is 95.0 Å². The average Bonchev–Trinajstić information content (AvgIpc) is 3.87. The number of fused-ring (bicyclic) bond motifs is 7. The standard InChI is InChI=1S/C75H49BN6/c1-5-23-50(24-6-1)55-45-46-66-62(49-55)60-35-13-16-40-65(60)82(66)72-59(36-21-37-61(72)75-78-73(51-25-7-2-8-26-51)77-74(79-75)52-27-9-3-10-28-52)56-31-19-29-53(47-56)54-30-20-34-58(48-54)81-68-42-18-15-39-64(68)76-63-38-14-17-41-67(63)80(57-32-11-4-12-33-57)69-43-22-44-70(81)71(69)76/h1-49H. The van der Waals surface area contributed by atoms with Gasteiger partial charge in [-0.25, -0.2) is 15.0 Å². The molecule has 82 heavy (non-hydrogen) atoms. The Kier molecular flexibility index (Phi) is 11.2. The van der Waals surface area contributed by atoms with Gasteiger partial charge < -0.3 is 14.4 Å². The van der Waals surface area contributed by atoms with Gasteiger partial charge in [0, 0.05) is 67.2 Å². The van der Waals surface area contributed by atoms with Crippen LogP contribution in [-0.2, 0) is 0 Å². The summed E-state index contributed by atoms with van der Waals surface area (Å²) in [7, 11) is 0. The number of hydrogen-bond donors (Lipinski definition) is 0. The lowest BCUT2D eigenvalue weighted by atomic mass is 9.33. The van der Waals surface area contributed by atoms with E-state index in [1.807, 2.05) is 36.4 Å². The second-order valence-electron chi connectivity index (χ2n) is 21.1. The van der Waals surface area contributed by atoms with Crippen LogP contribution in [0.3, 0.4) is 0 Å². The van der Waals surface area contributed by atoms with Crippen molar-refractivity contribution in [3.63, 3.8) is 0 Å². The molecule has 6 nitrogen and oxygen atoms in total. The number of hydrogen-bond acceptors (Lipinski definition) is 5. The first-order valence-electron chi connectivity index (χ1n) is 28.0. The van der Waals surface area contributed by atoms with Crippen LogP contribution in [0.15, 0.2) is 297 Å². The highest BCUT2D eigenvalue weighted by molar-refractivity contribution is 7.00. The lowest BCUT2D eigenvalue weighted by molar-refractivity contribution is 1.06. The summed E-state index contributed by atoms with van der Waals surface area (Å²) in [5.41, 5.74) is 23.4. The zero-order valence-corrected chi connectivity index (χ0v) is 44.6. The van der Waals surface area contributed by atoms with E-state index in [0.717, 1.165) is 83.4 Å². The van der Waals surface area contributed by atoms with Crippen molar-refractivity contribution in [1.29, 1.82) is 0 Å². The van der Waals surface area contributed by atoms with Crippen molar-refractivity contribution in [3.8, 4) is 73.2 Å². The van der Waals surface area contributed by atoms with Crippen molar-refractivity contribution in [2.75, 3.05) is 9.80 Å². The molecule has 0 N–H and O–H groups in total. The van der Waals surface area contributed by atoms with Crippen molar-refractivity contribution >= 4 is 79.0 Å². The third-order valence-corrected chi connectivity index (χ3v) is 16.4. The molecule has 16 rings (SSSR count). The van der Waals surface area contributed by atoms with Gasteiger partial charge in [-0.05, 0) is 123 Å². The van der Waals surface area contributed by atoms with Crippen molar-refractivity contribution < 1.29 is 0 Å². The molecule has 2 aliphatic heterocycles. The molecule has 7 heteroatoms. The molecule has 382 valence electrons. The normalized spacial score (nSPS) is 12.3. The third-order valence-electron chi connectivity index (χ3n) is 16.4. The van der Waals surface area contributed by atoms with Gasteiger partial charge in [0.15, 0.2) is 17.5 Å². The van der Waals surface area contributed by atoms with E-state index in [0.29, 0.717) is 17.5 Å². The zero-order valence-electron chi connectivity index (χ0n) is 44.6. The number of benzene rings is 12. The first-order valence-corrected chi connectivity index (χ1v) is 28.0. The van der Waals surface area contributed by atoms with E-state index < -0.39 is 0 Å². The topological polar surface area (TPSA) is 50.1 Å². The highest BCUT2D eigenvalue weighted by Crippen LogP contribution is 2.46. The Bertz CT molecular complexity index is 4710. The Morgan fingerprint density at radius 3 is 1.40 bits per heavy atom. The van der Waals surface area contributed by atoms with E-state index >= 15 is 0 Å². The molecular formula is C75H49BN6. The first kappa shape index (κ1) is 47.1. The van der Waals surface area contributed by atoms with E-state index in [1.54, 1.807) is 0 Å². The van der Waals surface area contributed by atoms with Crippen molar-refractivity contribution in [3.05, 3.63) is 297 Å². The molecule has 0 amide bonds. The summed E-state index contributed by atoms with van der Waals surface area (Å²) in [4.78, 5) is 20.8. The van der Waals surface area contributed by atoms with Crippen LogP contribution in [0.5, 0.6) is 0 Å². The molecule has 0 saturated heterocycles. The van der Waals surface area contributed by atoms with Gasteiger partial charge >= 0.3 is 0 Å². The third kappa shape index (κ3) is 7.77. The minimum atomic E-state index is 0.0625. The molecule has 14 aromatic rings. The Morgan fingerprint density at radius 1 is 0.268 bits per heavy atom. The van der Waals surface area contributed by atoms with E-state index in [4.69, 9.17) is 15.0 Å². The van der Waals surface area contributed by atoms with Crippen molar-refractivity contribution in [2.45, 2.75) is 0 Å². The number of rotatable bonds is 9. The summed E-state index contributed by atoms with van der Waals surface area (Å²) in [6.07, 6.45) is 0. The molecule has 0 atom stereocenters. The summed E-state index contributed by atoms with van der Waals surface area (Å²) in [5.74, 6) is 1.81. The number of para-hydroxylation sites is 5. The molecule has 0 bridgehead atoms. The van der Waals surface area contributed by atoms with Gasteiger partial charge in [0.25, 0.3) is 6.71 Å². The van der Waals surface area contributed by atoms with Crippen LogP contribution in [-0.4, -0.2) is 26.2 Å². The highest BCUT2D eigenvalue weighted by atomic mass is 15.2. The van der Waals surface area contributed by atoms with Gasteiger partial charge in [0.05, 0.1) is 16.7 Å². The smallest absolute Gasteiger partial charge is 0.252 e. The predicted molar refractivity (Wildman–Crippen MR) is 341 cm³/mol. The van der Waals surface area contributed by atoms with Crippen LogP contribution in [0.2, 0.25) is 0 Å². The predicted octanol–water partition coefficient (Wildman–Crippen LogP) is 17.1. The average molecular weight is 1050 g/mol. The summed E-state index contributed by atoms with van der Waals surface area (Å²) in [6.45, 7) is 0.0625. The maximum Gasteiger partial charge on any atom is 0.252 e. The van der Waals surface area contributed by atoms with Gasteiger partial charge in [0.2, 0.25) is 0 Å². The molecule has 2 aliphatic rings. The molecule has 0 saturated carbocycles. The summed E-state index contributed by atoms with van der Waals surface area (Å²) in [5, 5.41) is 2.32. The minimum absolute atomic E-state index is 0.0625. The Morgan fingerprint density at radius 2 is 0.720 bits per heavy atom. The van der Waals surface area contributed by atoms with Crippen LogP contribution in [0.4, 0.5) is 34.1 Å². The van der Waals surface area contributed by atoms with E-state index in [2.05, 4.69) is 275 Å². The second-order valence-corrected chi connectivity index (χ2v) is 21.1. The minimum Gasteiger partial charge on any atom is -0.311 e. The van der Waals surface area contributed by atoms with Crippen molar-refractivity contribution in [2.24, 2.45) is 0 Å². The van der Waals surface area contributed by atoms with Crippen LogP contribution in [0.1, 0.15) is 0 Å². The van der Waals surface area contributed by atoms with Crippen LogP contribution < -0.4 is 26.2 Å². The van der Waals surface area contributed by atoms with Gasteiger partial charge in [-0.1, -0.05) is 218 Å². The SMILES string of the molecule is c1ccc(-c2ccc3c(c2)c2ccccc2n3-c2c(-c3cccc(-c4cccc(N5c6ccccc6B6c7ccccc7N(c7ccccc7)c7cccc5c76)c4)c3)cccc2-c2nc(-c3ccccc3)nc(-c3ccccc3)n2)cc1. The molecule has 0 aliphatic carbocycles. The summed E-state index contributed by atoms with van der Waals surface area (Å²) in [6, 6.07) is 107. The van der Waals surface area contributed by atoms with Crippen LogP contribution >= 0.6 is 0 Å². The lowest BCUT2D eigenvalue weighted by Crippen LogP contribution is -2.61. The fourth-order valence-corrected chi connectivity index (χ4v) is 12.8. The molecule has 0 radical (unpaired) electrons. The van der Waals surface area contributed by atoms with Crippen molar-refractivity contribution in [1.82, 2.24) is 19.5 Å². The number of nitrogens with zero attached hydrogens (tertiary/aromatic N) is 6. The summed E-state index contributed by atoms with van der Waals surface area (Å²) >= 11 is 0. The second kappa shape index (κ2) is 19.5. The molecule has 4 heterocycles. The number of aromatic nitrogens is 4. The fourth-order valence-electron chi connectivity index (χ4n) is 12.8. The molecule has 0 fully saturated rings. The van der Waals surface area contributed by atoms with Gasteiger partial charge in [-0.15, -0.1) is 0 Å². The molecule has 12 aromatic carbocycles. The van der Waals surface area contributed by atoms with E-state index in [9.17, 15) is 0 Å². The van der Waals surface area contributed by atoms with Gasteiger partial charge in [-0.3, -0.25) is 0 Å². The van der Waals surface area contributed by atoms with Gasteiger partial charge in [-0.2, -0.15) is 0 Å². The Labute approximate surface area is 476 Å². The quantitative estimate of drug-likeness (QED) is 0.135. The molecule has 0 unspecified atom stereocenters. The van der Waals surface area contributed by atoms with Gasteiger partial charge in [0.1, 0.15) is 0 Å². The molecule has 2 aromatic heterocycles. The molecular weight excluding hydrogens is 996 g/mol. The maximum atomic E-state index is 5.38. The maximum absolute atomic E-state index is 5.38. The fraction of sp³-hybridized carbons (Fsp3) is 0. The Balaban J connectivity index is 0.885.